The molecule has 0 aliphatic carbocycles. The first-order valence-electron chi connectivity index (χ1n) is 5.75. The summed E-state index contributed by atoms with van der Waals surface area (Å²) in [6, 6.07) is 8.35. The van der Waals surface area contributed by atoms with Crippen LogP contribution in [0.3, 0.4) is 0 Å². The molecule has 1 atom stereocenters. The number of rotatable bonds is 3. The number of anilines is 1. The minimum Gasteiger partial charge on any atom is -0.481 e. The van der Waals surface area contributed by atoms with Gasteiger partial charge in [0.2, 0.25) is 0 Å². The Labute approximate surface area is 95.7 Å². The van der Waals surface area contributed by atoms with Gasteiger partial charge in [0.25, 0.3) is 0 Å². The Hall–Kier alpha value is -1.51. The highest BCUT2D eigenvalue weighted by Crippen LogP contribution is 2.28. The standard InChI is InChI=1S/C13H17NO2/c1-10-5-4-8-14(10)12-7-3-2-6-11(12)9-13(15)16/h2-3,6-7,10H,4-5,8-9H2,1H3,(H,15,16). The van der Waals surface area contributed by atoms with Crippen LogP contribution >= 0.6 is 0 Å². The fourth-order valence-corrected chi connectivity index (χ4v) is 2.39. The highest BCUT2D eigenvalue weighted by molar-refractivity contribution is 5.73. The first-order chi connectivity index (χ1) is 7.68. The van der Waals surface area contributed by atoms with Gasteiger partial charge in [-0.25, -0.2) is 0 Å². The van der Waals surface area contributed by atoms with E-state index in [0.29, 0.717) is 6.04 Å². The van der Waals surface area contributed by atoms with Gasteiger partial charge in [-0.3, -0.25) is 4.79 Å². The lowest BCUT2D eigenvalue weighted by molar-refractivity contribution is -0.136. The summed E-state index contributed by atoms with van der Waals surface area (Å²) in [7, 11) is 0. The number of aliphatic carboxylic acids is 1. The lowest BCUT2D eigenvalue weighted by Gasteiger charge is -2.26. The van der Waals surface area contributed by atoms with Crippen molar-refractivity contribution in [3.8, 4) is 0 Å². The molecule has 0 bridgehead atoms. The van der Waals surface area contributed by atoms with Crippen LogP contribution in [0.1, 0.15) is 25.3 Å². The predicted octanol–water partition coefficient (Wildman–Crippen LogP) is 2.30. The van der Waals surface area contributed by atoms with Gasteiger partial charge in [-0.2, -0.15) is 0 Å². The van der Waals surface area contributed by atoms with Crippen LogP contribution in [0.25, 0.3) is 0 Å². The second-order valence-electron chi connectivity index (χ2n) is 4.38. The molecule has 0 aromatic heterocycles. The van der Waals surface area contributed by atoms with Crippen LogP contribution in [0.15, 0.2) is 24.3 Å². The highest BCUT2D eigenvalue weighted by Gasteiger charge is 2.22. The SMILES string of the molecule is CC1CCCN1c1ccccc1CC(=O)O. The minimum atomic E-state index is -0.765. The molecule has 1 heterocycles. The van der Waals surface area contributed by atoms with Crippen molar-refractivity contribution in [3.63, 3.8) is 0 Å². The number of carboxylic acids is 1. The molecule has 1 fully saturated rings. The molecule has 1 N–H and O–H groups in total. The van der Waals surface area contributed by atoms with E-state index in [1.165, 1.54) is 12.8 Å². The van der Waals surface area contributed by atoms with Crippen molar-refractivity contribution in [2.45, 2.75) is 32.2 Å². The van der Waals surface area contributed by atoms with Gasteiger partial charge in [0.15, 0.2) is 0 Å². The summed E-state index contributed by atoms with van der Waals surface area (Å²) in [5.41, 5.74) is 2.01. The Kier molecular flexibility index (Phi) is 3.13. The van der Waals surface area contributed by atoms with Crippen molar-refractivity contribution >= 4 is 11.7 Å². The zero-order valence-electron chi connectivity index (χ0n) is 9.52. The van der Waals surface area contributed by atoms with Crippen molar-refractivity contribution in [2.75, 3.05) is 11.4 Å². The van der Waals surface area contributed by atoms with Gasteiger partial charge in [-0.1, -0.05) is 18.2 Å². The maximum atomic E-state index is 10.8. The summed E-state index contributed by atoms with van der Waals surface area (Å²) in [5, 5.41) is 8.88. The first kappa shape index (κ1) is 11.0. The topological polar surface area (TPSA) is 40.5 Å². The molecular weight excluding hydrogens is 202 g/mol. The maximum absolute atomic E-state index is 10.8. The summed E-state index contributed by atoms with van der Waals surface area (Å²) in [5.74, 6) is -0.765. The van der Waals surface area contributed by atoms with E-state index in [1.807, 2.05) is 24.3 Å². The Morgan fingerprint density at radius 1 is 1.50 bits per heavy atom. The van der Waals surface area contributed by atoms with Gasteiger partial charge in [-0.15, -0.1) is 0 Å². The molecule has 1 aromatic rings. The normalized spacial score (nSPS) is 20.1. The molecule has 1 aromatic carbocycles. The average molecular weight is 219 g/mol. The van der Waals surface area contributed by atoms with Crippen LogP contribution in [0.2, 0.25) is 0 Å². The number of carboxylic acid groups (broad SMARTS) is 1. The van der Waals surface area contributed by atoms with Gasteiger partial charge in [0, 0.05) is 18.3 Å². The monoisotopic (exact) mass is 219 g/mol. The number of carbonyl (C=O) groups is 1. The number of benzene rings is 1. The molecule has 1 aliphatic heterocycles. The van der Waals surface area contributed by atoms with Crippen molar-refractivity contribution in [1.29, 1.82) is 0 Å². The molecule has 0 spiro atoms. The Balaban J connectivity index is 2.28. The van der Waals surface area contributed by atoms with Gasteiger partial charge < -0.3 is 10.0 Å². The smallest absolute Gasteiger partial charge is 0.307 e. The molecule has 86 valence electrons. The molecule has 0 amide bonds. The predicted molar refractivity (Wildman–Crippen MR) is 63.8 cm³/mol. The molecule has 1 aliphatic rings. The van der Waals surface area contributed by atoms with Gasteiger partial charge in [0.05, 0.1) is 6.42 Å². The van der Waals surface area contributed by atoms with Gasteiger partial charge in [-0.05, 0) is 31.4 Å². The quantitative estimate of drug-likeness (QED) is 0.848. The molecule has 0 radical (unpaired) electrons. The zero-order chi connectivity index (χ0) is 11.5. The Morgan fingerprint density at radius 3 is 2.88 bits per heavy atom. The third kappa shape index (κ3) is 2.18. The van der Waals surface area contributed by atoms with Crippen LogP contribution in [0.4, 0.5) is 5.69 Å². The number of para-hydroxylation sites is 1. The first-order valence-corrected chi connectivity index (χ1v) is 5.75. The molecule has 1 unspecified atom stereocenters. The molecular formula is C13H17NO2. The molecule has 1 saturated heterocycles. The fraction of sp³-hybridized carbons (Fsp3) is 0.462. The third-order valence-corrected chi connectivity index (χ3v) is 3.20. The van der Waals surface area contributed by atoms with Crippen molar-refractivity contribution in [2.24, 2.45) is 0 Å². The molecule has 3 nitrogen and oxygen atoms in total. The summed E-state index contributed by atoms with van der Waals surface area (Å²) < 4.78 is 0. The summed E-state index contributed by atoms with van der Waals surface area (Å²) in [6.07, 6.45) is 2.50. The summed E-state index contributed by atoms with van der Waals surface area (Å²) in [4.78, 5) is 13.1. The second-order valence-corrected chi connectivity index (χ2v) is 4.38. The highest BCUT2D eigenvalue weighted by atomic mass is 16.4. The Morgan fingerprint density at radius 2 is 2.25 bits per heavy atom. The summed E-state index contributed by atoms with van der Waals surface area (Å²) in [6.45, 7) is 3.24. The molecule has 2 rings (SSSR count). The van der Waals surface area contributed by atoms with Gasteiger partial charge in [0.1, 0.15) is 0 Å². The van der Waals surface area contributed by atoms with Crippen LogP contribution in [-0.4, -0.2) is 23.7 Å². The lowest BCUT2D eigenvalue weighted by atomic mass is 10.1. The number of hydrogen-bond donors (Lipinski definition) is 1. The van der Waals surface area contributed by atoms with Gasteiger partial charge >= 0.3 is 5.97 Å². The molecule has 3 heteroatoms. The van der Waals surface area contributed by atoms with E-state index in [4.69, 9.17) is 5.11 Å². The Bertz CT molecular complexity index is 389. The van der Waals surface area contributed by atoms with E-state index in [1.54, 1.807) is 0 Å². The third-order valence-electron chi connectivity index (χ3n) is 3.20. The summed E-state index contributed by atoms with van der Waals surface area (Å²) >= 11 is 0. The average Bonchev–Trinajstić information content (AvgIpc) is 2.64. The van der Waals surface area contributed by atoms with Crippen molar-refractivity contribution < 1.29 is 9.90 Å². The molecule has 16 heavy (non-hydrogen) atoms. The van der Waals surface area contributed by atoms with E-state index in [2.05, 4.69) is 11.8 Å². The molecule has 0 saturated carbocycles. The van der Waals surface area contributed by atoms with E-state index in [-0.39, 0.29) is 6.42 Å². The van der Waals surface area contributed by atoms with Crippen molar-refractivity contribution in [3.05, 3.63) is 29.8 Å². The van der Waals surface area contributed by atoms with Crippen molar-refractivity contribution in [1.82, 2.24) is 0 Å². The largest absolute Gasteiger partial charge is 0.481 e. The number of nitrogens with zero attached hydrogens (tertiary/aromatic N) is 1. The lowest BCUT2D eigenvalue weighted by Crippen LogP contribution is -2.27. The van der Waals surface area contributed by atoms with Crippen LogP contribution in [0, 0.1) is 0 Å². The second kappa shape index (κ2) is 4.56. The van der Waals surface area contributed by atoms with E-state index >= 15 is 0 Å². The van der Waals surface area contributed by atoms with E-state index in [9.17, 15) is 4.79 Å². The van der Waals surface area contributed by atoms with Crippen LogP contribution in [0.5, 0.6) is 0 Å². The zero-order valence-corrected chi connectivity index (χ0v) is 9.52. The van der Waals surface area contributed by atoms with Crippen LogP contribution < -0.4 is 4.90 Å². The van der Waals surface area contributed by atoms with E-state index in [0.717, 1.165) is 17.8 Å². The fourth-order valence-electron chi connectivity index (χ4n) is 2.39. The van der Waals surface area contributed by atoms with Crippen LogP contribution in [-0.2, 0) is 11.2 Å². The van der Waals surface area contributed by atoms with E-state index < -0.39 is 5.97 Å². The number of hydrogen-bond acceptors (Lipinski definition) is 2. The minimum absolute atomic E-state index is 0.111. The maximum Gasteiger partial charge on any atom is 0.307 e.